The molecule has 0 radical (unpaired) electrons. The molecule has 5 rings (SSSR count). The number of ether oxygens (including phenoxy) is 3. The van der Waals surface area contributed by atoms with Gasteiger partial charge in [0.2, 0.25) is 6.23 Å². The minimum atomic E-state index is -0.392. The van der Waals surface area contributed by atoms with Crippen molar-refractivity contribution in [2.24, 2.45) is 5.10 Å². The van der Waals surface area contributed by atoms with Crippen LogP contribution in [0.25, 0.3) is 0 Å². The zero-order chi connectivity index (χ0) is 20.7. The maximum atomic E-state index is 6.52. The molecule has 152 valence electrons. The van der Waals surface area contributed by atoms with Crippen molar-refractivity contribution < 1.29 is 14.2 Å². The molecule has 3 aromatic carbocycles. The fraction of sp³-hybridized carbons (Fsp3) is 0.208. The summed E-state index contributed by atoms with van der Waals surface area (Å²) in [4.78, 5) is 0. The molecule has 0 saturated carbocycles. The van der Waals surface area contributed by atoms with Gasteiger partial charge in [-0.3, -0.25) is 0 Å². The van der Waals surface area contributed by atoms with Gasteiger partial charge in [0.15, 0.2) is 11.5 Å². The molecule has 0 amide bonds. The van der Waals surface area contributed by atoms with Gasteiger partial charge < -0.3 is 14.2 Å². The number of nitrogens with zero attached hydrogens (tertiary/aromatic N) is 2. The highest BCUT2D eigenvalue weighted by Gasteiger charge is 2.41. The lowest BCUT2D eigenvalue weighted by atomic mass is 9.96. The Bertz CT molecular complexity index is 1130. The van der Waals surface area contributed by atoms with Crippen molar-refractivity contribution in [2.75, 3.05) is 14.2 Å². The number of hydrazone groups is 1. The summed E-state index contributed by atoms with van der Waals surface area (Å²) < 4.78 is 17.2. The maximum Gasteiger partial charge on any atom is 0.215 e. The van der Waals surface area contributed by atoms with Gasteiger partial charge in [-0.2, -0.15) is 5.10 Å². The normalized spacial score (nSPS) is 19.4. The van der Waals surface area contributed by atoms with Crippen molar-refractivity contribution in [3.8, 4) is 17.2 Å². The second-order valence-corrected chi connectivity index (χ2v) is 7.65. The highest BCUT2D eigenvalue weighted by Crippen LogP contribution is 2.48. The summed E-state index contributed by atoms with van der Waals surface area (Å²) >= 11 is 6.52. The van der Waals surface area contributed by atoms with Crippen LogP contribution in [-0.2, 0) is 0 Å². The average Bonchev–Trinajstić information content (AvgIpc) is 3.24. The fourth-order valence-corrected chi connectivity index (χ4v) is 4.33. The largest absolute Gasteiger partial charge is 0.493 e. The van der Waals surface area contributed by atoms with E-state index < -0.39 is 6.23 Å². The molecular formula is C24H21ClN2O3. The van der Waals surface area contributed by atoms with Gasteiger partial charge in [-0.25, -0.2) is 5.01 Å². The van der Waals surface area contributed by atoms with Gasteiger partial charge in [-0.15, -0.1) is 0 Å². The van der Waals surface area contributed by atoms with E-state index >= 15 is 0 Å². The van der Waals surface area contributed by atoms with Gasteiger partial charge in [0.05, 0.1) is 26.0 Å². The van der Waals surface area contributed by atoms with Crippen LogP contribution in [0.3, 0.4) is 0 Å². The minimum absolute atomic E-state index is 0.0688. The van der Waals surface area contributed by atoms with Crippen LogP contribution in [0.1, 0.15) is 35.4 Å². The Labute approximate surface area is 180 Å². The van der Waals surface area contributed by atoms with Crippen LogP contribution in [0, 0.1) is 0 Å². The third-order valence-electron chi connectivity index (χ3n) is 5.59. The molecular weight excluding hydrogens is 400 g/mol. The van der Waals surface area contributed by atoms with Gasteiger partial charge in [-0.1, -0.05) is 48.0 Å². The Balaban J connectivity index is 1.59. The average molecular weight is 421 g/mol. The van der Waals surface area contributed by atoms with Crippen LogP contribution in [0.5, 0.6) is 17.2 Å². The summed E-state index contributed by atoms with van der Waals surface area (Å²) in [6, 6.07) is 21.8. The second kappa shape index (κ2) is 7.58. The summed E-state index contributed by atoms with van der Waals surface area (Å²) in [5, 5.41) is 7.66. The molecule has 0 aliphatic carbocycles. The lowest BCUT2D eigenvalue weighted by Gasteiger charge is -2.38. The SMILES string of the molecule is COc1ccc(C2=NN3[C@H](C2)c2ccccc2O[C@@H]3c2ccccc2Cl)cc1OC. The topological polar surface area (TPSA) is 43.3 Å². The summed E-state index contributed by atoms with van der Waals surface area (Å²) in [6.07, 6.45) is 0.368. The Morgan fingerprint density at radius 1 is 0.933 bits per heavy atom. The number of fused-ring (bicyclic) bond motifs is 3. The summed E-state index contributed by atoms with van der Waals surface area (Å²) in [5.41, 5.74) is 3.99. The molecule has 6 heteroatoms. The molecule has 0 spiro atoms. The third-order valence-corrected chi connectivity index (χ3v) is 5.93. The van der Waals surface area contributed by atoms with Gasteiger partial charge in [0.1, 0.15) is 5.75 Å². The highest BCUT2D eigenvalue weighted by atomic mass is 35.5. The van der Waals surface area contributed by atoms with E-state index in [-0.39, 0.29) is 6.04 Å². The predicted octanol–water partition coefficient (Wildman–Crippen LogP) is 5.60. The number of hydrogen-bond acceptors (Lipinski definition) is 5. The molecule has 2 heterocycles. The van der Waals surface area contributed by atoms with Gasteiger partial charge in [-0.05, 0) is 30.3 Å². The van der Waals surface area contributed by atoms with E-state index in [1.165, 1.54) is 0 Å². The standard InChI is InChI=1S/C24H21ClN2O3/c1-28-22-12-11-15(13-23(22)29-2)19-14-20-17-8-4-6-10-21(17)30-24(27(20)26-19)16-7-3-5-9-18(16)25/h3-13,20,24H,14H2,1-2H3/t20-,24-/m1/s1. The van der Waals surface area contributed by atoms with Crippen LogP contribution in [0.15, 0.2) is 71.8 Å². The van der Waals surface area contributed by atoms with E-state index in [0.717, 1.165) is 34.6 Å². The van der Waals surface area contributed by atoms with E-state index in [1.54, 1.807) is 14.2 Å². The third kappa shape index (κ3) is 3.06. The van der Waals surface area contributed by atoms with E-state index in [2.05, 4.69) is 6.07 Å². The molecule has 5 nitrogen and oxygen atoms in total. The fourth-order valence-electron chi connectivity index (χ4n) is 4.10. The molecule has 2 aliphatic rings. The van der Waals surface area contributed by atoms with Crippen molar-refractivity contribution >= 4 is 17.3 Å². The lowest BCUT2D eigenvalue weighted by molar-refractivity contribution is -0.0189. The van der Waals surface area contributed by atoms with Crippen LogP contribution in [0.4, 0.5) is 0 Å². The number of halogens is 1. The quantitative estimate of drug-likeness (QED) is 0.551. The smallest absolute Gasteiger partial charge is 0.215 e. The first-order valence-corrected chi connectivity index (χ1v) is 10.2. The zero-order valence-electron chi connectivity index (χ0n) is 16.7. The Morgan fingerprint density at radius 3 is 2.43 bits per heavy atom. The van der Waals surface area contributed by atoms with Gasteiger partial charge in [0, 0.05) is 28.1 Å². The van der Waals surface area contributed by atoms with Crippen molar-refractivity contribution in [1.82, 2.24) is 5.01 Å². The number of benzene rings is 3. The van der Waals surface area contributed by atoms with Crippen molar-refractivity contribution in [3.05, 3.63) is 88.4 Å². The first-order valence-electron chi connectivity index (χ1n) is 9.78. The Hall–Kier alpha value is -3.18. The van der Waals surface area contributed by atoms with E-state index in [9.17, 15) is 0 Å². The van der Waals surface area contributed by atoms with Crippen LogP contribution in [0.2, 0.25) is 5.02 Å². The van der Waals surface area contributed by atoms with Crippen molar-refractivity contribution in [3.63, 3.8) is 0 Å². The number of hydrogen-bond donors (Lipinski definition) is 0. The molecule has 0 fully saturated rings. The summed E-state index contributed by atoms with van der Waals surface area (Å²) in [5.74, 6) is 2.24. The molecule has 0 saturated heterocycles. The summed E-state index contributed by atoms with van der Waals surface area (Å²) in [7, 11) is 3.27. The molecule has 0 N–H and O–H groups in total. The Kier molecular flexibility index (Phi) is 4.75. The molecule has 0 aromatic heterocycles. The first-order chi connectivity index (χ1) is 14.7. The van der Waals surface area contributed by atoms with E-state index in [1.807, 2.05) is 65.7 Å². The first kappa shape index (κ1) is 18.8. The minimum Gasteiger partial charge on any atom is -0.493 e. The summed E-state index contributed by atoms with van der Waals surface area (Å²) in [6.45, 7) is 0. The number of rotatable bonds is 4. The molecule has 2 atom stereocenters. The van der Waals surface area contributed by atoms with Gasteiger partial charge >= 0.3 is 0 Å². The molecule has 3 aromatic rings. The monoisotopic (exact) mass is 420 g/mol. The molecule has 30 heavy (non-hydrogen) atoms. The zero-order valence-corrected chi connectivity index (χ0v) is 17.5. The maximum absolute atomic E-state index is 6.52. The van der Waals surface area contributed by atoms with Gasteiger partial charge in [0.25, 0.3) is 0 Å². The van der Waals surface area contributed by atoms with E-state index in [4.69, 9.17) is 30.9 Å². The molecule has 0 unspecified atom stereocenters. The molecule has 0 bridgehead atoms. The number of methoxy groups -OCH3 is 2. The van der Waals surface area contributed by atoms with Crippen LogP contribution >= 0.6 is 11.6 Å². The second-order valence-electron chi connectivity index (χ2n) is 7.25. The molecule has 2 aliphatic heterocycles. The van der Waals surface area contributed by atoms with E-state index in [0.29, 0.717) is 16.5 Å². The predicted molar refractivity (Wildman–Crippen MR) is 117 cm³/mol. The van der Waals surface area contributed by atoms with Crippen molar-refractivity contribution in [2.45, 2.75) is 18.7 Å². The van der Waals surface area contributed by atoms with Crippen LogP contribution in [-0.4, -0.2) is 24.9 Å². The lowest BCUT2D eigenvalue weighted by Crippen LogP contribution is -2.33. The van der Waals surface area contributed by atoms with Crippen molar-refractivity contribution in [1.29, 1.82) is 0 Å². The highest BCUT2D eigenvalue weighted by molar-refractivity contribution is 6.31. The number of para-hydroxylation sites is 1. The Morgan fingerprint density at radius 2 is 1.67 bits per heavy atom. The van der Waals surface area contributed by atoms with Crippen LogP contribution < -0.4 is 14.2 Å².